The molecule has 0 spiro atoms. The van der Waals surface area contributed by atoms with Gasteiger partial charge in [-0.2, -0.15) is 0 Å². The van der Waals surface area contributed by atoms with E-state index in [4.69, 9.17) is 10.8 Å². The first kappa shape index (κ1) is 13.0. The third kappa shape index (κ3) is 2.71. The number of carbonyl (C=O) groups excluding carboxylic acids is 2. The van der Waals surface area contributed by atoms with Crippen LogP contribution in [-0.2, 0) is 14.4 Å². The molecule has 1 fully saturated rings. The number of nitrogens with zero attached hydrogens (tertiary/aromatic N) is 1. The van der Waals surface area contributed by atoms with Gasteiger partial charge in [0, 0.05) is 5.69 Å². The maximum absolute atomic E-state index is 11.7. The summed E-state index contributed by atoms with van der Waals surface area (Å²) in [6.07, 6.45) is 0. The van der Waals surface area contributed by atoms with Crippen LogP contribution in [0.3, 0.4) is 0 Å². The Morgan fingerprint density at radius 1 is 1.42 bits per heavy atom. The van der Waals surface area contributed by atoms with Gasteiger partial charge < -0.3 is 21.1 Å². The van der Waals surface area contributed by atoms with Crippen molar-refractivity contribution in [3.8, 4) is 0 Å². The van der Waals surface area contributed by atoms with Crippen molar-refractivity contribution in [3.05, 3.63) is 29.8 Å². The van der Waals surface area contributed by atoms with E-state index in [1.165, 1.54) is 11.0 Å². The van der Waals surface area contributed by atoms with Crippen LogP contribution in [0.1, 0.15) is 11.6 Å². The number of aliphatic carboxylic acids is 1. The fourth-order valence-electron chi connectivity index (χ4n) is 1.82. The standard InChI is InChI=1S/C12H13N3O4/c13-11(12(18)19)7-2-1-3-8(4-7)15-6-9(16)14-5-10(15)17/h1-4,11H,5-6,13H2,(H,14,16)(H,18,19). The van der Waals surface area contributed by atoms with Crippen molar-refractivity contribution in [2.75, 3.05) is 18.0 Å². The van der Waals surface area contributed by atoms with E-state index in [2.05, 4.69) is 5.32 Å². The predicted molar refractivity (Wildman–Crippen MR) is 66.4 cm³/mol. The van der Waals surface area contributed by atoms with Crippen LogP contribution in [0, 0.1) is 0 Å². The van der Waals surface area contributed by atoms with Crippen molar-refractivity contribution in [1.82, 2.24) is 5.32 Å². The van der Waals surface area contributed by atoms with E-state index in [1.54, 1.807) is 18.2 Å². The van der Waals surface area contributed by atoms with Crippen LogP contribution in [0.4, 0.5) is 5.69 Å². The van der Waals surface area contributed by atoms with Gasteiger partial charge in [0.05, 0.1) is 6.54 Å². The molecule has 1 saturated heterocycles. The average Bonchev–Trinajstić information content (AvgIpc) is 2.40. The van der Waals surface area contributed by atoms with E-state index >= 15 is 0 Å². The summed E-state index contributed by atoms with van der Waals surface area (Å²) in [5.41, 5.74) is 6.36. The number of rotatable bonds is 3. The summed E-state index contributed by atoms with van der Waals surface area (Å²) in [6.45, 7) is -0.140. The van der Waals surface area contributed by atoms with Gasteiger partial charge in [-0.25, -0.2) is 0 Å². The molecule has 0 bridgehead atoms. The second-order valence-corrected chi connectivity index (χ2v) is 4.17. The van der Waals surface area contributed by atoms with Crippen LogP contribution < -0.4 is 16.0 Å². The summed E-state index contributed by atoms with van der Waals surface area (Å²) in [7, 11) is 0. The highest BCUT2D eigenvalue weighted by Crippen LogP contribution is 2.20. The van der Waals surface area contributed by atoms with Crippen LogP contribution in [0.2, 0.25) is 0 Å². The average molecular weight is 263 g/mol. The molecule has 0 saturated carbocycles. The van der Waals surface area contributed by atoms with Crippen LogP contribution in [-0.4, -0.2) is 36.0 Å². The lowest BCUT2D eigenvalue weighted by atomic mass is 10.1. The lowest BCUT2D eigenvalue weighted by Gasteiger charge is -2.27. The van der Waals surface area contributed by atoms with Gasteiger partial charge in [0.25, 0.3) is 0 Å². The monoisotopic (exact) mass is 263 g/mol. The minimum absolute atomic E-state index is 0.0615. The Labute approximate surface area is 109 Å². The van der Waals surface area contributed by atoms with E-state index in [0.717, 1.165) is 0 Å². The Kier molecular flexibility index (Phi) is 3.48. The number of carboxylic acid groups (broad SMARTS) is 1. The van der Waals surface area contributed by atoms with Gasteiger partial charge in [-0.05, 0) is 17.7 Å². The summed E-state index contributed by atoms with van der Waals surface area (Å²) < 4.78 is 0. The molecule has 1 heterocycles. The number of amides is 2. The van der Waals surface area contributed by atoms with E-state index in [-0.39, 0.29) is 24.9 Å². The van der Waals surface area contributed by atoms with Crippen LogP contribution >= 0.6 is 0 Å². The zero-order valence-electron chi connectivity index (χ0n) is 10.00. The zero-order chi connectivity index (χ0) is 14.0. The zero-order valence-corrected chi connectivity index (χ0v) is 10.00. The number of carbonyl (C=O) groups is 3. The molecule has 1 unspecified atom stereocenters. The van der Waals surface area contributed by atoms with E-state index in [0.29, 0.717) is 11.3 Å². The number of hydrogen-bond donors (Lipinski definition) is 3. The minimum atomic E-state index is -1.16. The van der Waals surface area contributed by atoms with E-state index in [1.807, 2.05) is 0 Å². The first-order valence-corrected chi connectivity index (χ1v) is 5.64. The van der Waals surface area contributed by atoms with Crippen molar-refractivity contribution in [3.63, 3.8) is 0 Å². The topological polar surface area (TPSA) is 113 Å². The third-order valence-electron chi connectivity index (χ3n) is 2.85. The maximum Gasteiger partial charge on any atom is 0.325 e. The Morgan fingerprint density at radius 2 is 2.16 bits per heavy atom. The smallest absolute Gasteiger partial charge is 0.325 e. The largest absolute Gasteiger partial charge is 0.480 e. The maximum atomic E-state index is 11.7. The molecule has 19 heavy (non-hydrogen) atoms. The van der Waals surface area contributed by atoms with Crippen molar-refractivity contribution in [1.29, 1.82) is 0 Å². The fourth-order valence-corrected chi connectivity index (χ4v) is 1.82. The molecule has 1 aliphatic rings. The molecule has 0 aromatic heterocycles. The molecule has 1 aliphatic heterocycles. The Bertz CT molecular complexity index is 544. The number of hydrogen-bond acceptors (Lipinski definition) is 4. The number of benzene rings is 1. The van der Waals surface area contributed by atoms with Gasteiger partial charge >= 0.3 is 5.97 Å². The highest BCUT2D eigenvalue weighted by molar-refractivity contribution is 6.04. The molecule has 1 atom stereocenters. The van der Waals surface area contributed by atoms with Crippen LogP contribution in [0.5, 0.6) is 0 Å². The molecule has 1 aromatic rings. The van der Waals surface area contributed by atoms with Crippen molar-refractivity contribution in [2.45, 2.75) is 6.04 Å². The van der Waals surface area contributed by atoms with Gasteiger partial charge in [0.15, 0.2) is 0 Å². The second kappa shape index (κ2) is 5.07. The number of nitrogens with one attached hydrogen (secondary N) is 1. The molecule has 0 aliphatic carbocycles. The molecule has 1 aromatic carbocycles. The molecule has 0 radical (unpaired) electrons. The summed E-state index contributed by atoms with van der Waals surface area (Å²) in [6, 6.07) is 5.15. The van der Waals surface area contributed by atoms with Crippen LogP contribution in [0.25, 0.3) is 0 Å². The first-order chi connectivity index (χ1) is 8.99. The molecule has 2 rings (SSSR count). The van der Waals surface area contributed by atoms with Gasteiger partial charge in [0.2, 0.25) is 11.8 Å². The second-order valence-electron chi connectivity index (χ2n) is 4.17. The molecule has 7 heteroatoms. The van der Waals surface area contributed by atoms with Crippen molar-refractivity contribution >= 4 is 23.5 Å². The highest BCUT2D eigenvalue weighted by atomic mass is 16.4. The van der Waals surface area contributed by atoms with E-state index < -0.39 is 12.0 Å². The predicted octanol–water partition coefficient (Wildman–Crippen LogP) is -0.766. The van der Waals surface area contributed by atoms with Gasteiger partial charge in [0.1, 0.15) is 12.6 Å². The van der Waals surface area contributed by atoms with Gasteiger partial charge in [-0.15, -0.1) is 0 Å². The minimum Gasteiger partial charge on any atom is -0.480 e. The number of anilines is 1. The van der Waals surface area contributed by atoms with Crippen molar-refractivity contribution < 1.29 is 19.5 Å². The van der Waals surface area contributed by atoms with Crippen LogP contribution in [0.15, 0.2) is 24.3 Å². The SMILES string of the molecule is NC(C(=O)O)c1cccc(N2CC(=O)NCC2=O)c1. The summed E-state index contributed by atoms with van der Waals surface area (Å²) in [5, 5.41) is 11.3. The normalized spacial score (nSPS) is 17.0. The summed E-state index contributed by atoms with van der Waals surface area (Å²) in [5.74, 6) is -1.66. The van der Waals surface area contributed by atoms with Gasteiger partial charge in [-0.3, -0.25) is 14.4 Å². The van der Waals surface area contributed by atoms with Gasteiger partial charge in [-0.1, -0.05) is 12.1 Å². The lowest BCUT2D eigenvalue weighted by molar-refractivity contribution is -0.138. The lowest BCUT2D eigenvalue weighted by Crippen LogP contribution is -2.51. The highest BCUT2D eigenvalue weighted by Gasteiger charge is 2.25. The van der Waals surface area contributed by atoms with Crippen molar-refractivity contribution in [2.24, 2.45) is 5.73 Å². The summed E-state index contributed by atoms with van der Waals surface area (Å²) in [4.78, 5) is 35.2. The molecule has 2 amide bonds. The Hall–Kier alpha value is -2.41. The van der Waals surface area contributed by atoms with E-state index in [9.17, 15) is 14.4 Å². The number of piperazine rings is 1. The molecular formula is C12H13N3O4. The molecular weight excluding hydrogens is 250 g/mol. The number of nitrogens with two attached hydrogens (primary N) is 1. The quantitative estimate of drug-likeness (QED) is 0.663. The fraction of sp³-hybridized carbons (Fsp3) is 0.250. The Morgan fingerprint density at radius 3 is 2.84 bits per heavy atom. The number of carboxylic acids is 1. The molecule has 7 nitrogen and oxygen atoms in total. The first-order valence-electron chi connectivity index (χ1n) is 5.64. The Balaban J connectivity index is 2.30. The summed E-state index contributed by atoms with van der Waals surface area (Å²) >= 11 is 0. The molecule has 4 N–H and O–H groups in total. The third-order valence-corrected chi connectivity index (χ3v) is 2.85. The molecule has 100 valence electrons.